The SMILES string of the molecule is CC(=O)c1ccc2c(c1)N(CC(=O)Nc1ccccc1C)CC(C)O2. The van der Waals surface area contributed by atoms with Crippen molar-refractivity contribution in [1.82, 2.24) is 0 Å². The van der Waals surface area contributed by atoms with E-state index >= 15 is 0 Å². The number of hydrogen-bond acceptors (Lipinski definition) is 4. The third kappa shape index (κ3) is 3.82. The van der Waals surface area contributed by atoms with E-state index in [1.54, 1.807) is 18.2 Å². The highest BCUT2D eigenvalue weighted by atomic mass is 16.5. The Bertz CT molecular complexity index is 816. The first-order chi connectivity index (χ1) is 11.9. The average molecular weight is 338 g/mol. The fourth-order valence-electron chi connectivity index (χ4n) is 2.97. The number of nitrogens with zero attached hydrogens (tertiary/aromatic N) is 1. The molecule has 25 heavy (non-hydrogen) atoms. The number of para-hydroxylation sites is 1. The lowest BCUT2D eigenvalue weighted by Gasteiger charge is -2.34. The van der Waals surface area contributed by atoms with E-state index in [2.05, 4.69) is 5.32 Å². The van der Waals surface area contributed by atoms with Crippen LogP contribution in [0.2, 0.25) is 0 Å². The van der Waals surface area contributed by atoms with Crippen molar-refractivity contribution >= 4 is 23.1 Å². The second-order valence-electron chi connectivity index (χ2n) is 6.41. The van der Waals surface area contributed by atoms with Gasteiger partial charge in [-0.15, -0.1) is 0 Å². The van der Waals surface area contributed by atoms with Crippen LogP contribution >= 0.6 is 0 Å². The Labute approximate surface area is 147 Å². The third-order valence-corrected chi connectivity index (χ3v) is 4.27. The minimum absolute atomic E-state index is 0.00858. The smallest absolute Gasteiger partial charge is 0.243 e. The summed E-state index contributed by atoms with van der Waals surface area (Å²) in [5.74, 6) is 0.598. The van der Waals surface area contributed by atoms with Crippen LogP contribution in [0, 0.1) is 6.92 Å². The van der Waals surface area contributed by atoms with Crippen molar-refractivity contribution in [2.75, 3.05) is 23.3 Å². The summed E-state index contributed by atoms with van der Waals surface area (Å²) in [5.41, 5.74) is 3.23. The maximum atomic E-state index is 12.5. The summed E-state index contributed by atoms with van der Waals surface area (Å²) in [6.07, 6.45) is -0.0260. The molecule has 0 aliphatic carbocycles. The Morgan fingerprint density at radius 3 is 2.72 bits per heavy atom. The van der Waals surface area contributed by atoms with Gasteiger partial charge in [-0.3, -0.25) is 9.59 Å². The van der Waals surface area contributed by atoms with Crippen molar-refractivity contribution in [1.29, 1.82) is 0 Å². The zero-order valence-corrected chi connectivity index (χ0v) is 14.7. The van der Waals surface area contributed by atoms with Gasteiger partial charge in [0.25, 0.3) is 0 Å². The molecule has 1 N–H and O–H groups in total. The number of hydrogen-bond donors (Lipinski definition) is 1. The van der Waals surface area contributed by atoms with Crippen molar-refractivity contribution in [3.63, 3.8) is 0 Å². The number of benzene rings is 2. The van der Waals surface area contributed by atoms with Crippen molar-refractivity contribution in [3.8, 4) is 5.75 Å². The monoisotopic (exact) mass is 338 g/mol. The van der Waals surface area contributed by atoms with E-state index in [-0.39, 0.29) is 24.3 Å². The maximum Gasteiger partial charge on any atom is 0.243 e. The zero-order chi connectivity index (χ0) is 18.0. The van der Waals surface area contributed by atoms with E-state index in [9.17, 15) is 9.59 Å². The molecule has 1 unspecified atom stereocenters. The molecule has 5 nitrogen and oxygen atoms in total. The predicted molar refractivity (Wildman–Crippen MR) is 98.6 cm³/mol. The number of anilines is 2. The van der Waals surface area contributed by atoms with Crippen LogP contribution in [0.15, 0.2) is 42.5 Å². The van der Waals surface area contributed by atoms with E-state index < -0.39 is 0 Å². The first-order valence-electron chi connectivity index (χ1n) is 8.36. The maximum absolute atomic E-state index is 12.5. The predicted octanol–water partition coefficient (Wildman–Crippen LogP) is 3.42. The van der Waals surface area contributed by atoms with Gasteiger partial charge >= 0.3 is 0 Å². The standard InChI is InChI=1S/C20H22N2O3/c1-13-6-4-5-7-17(13)21-20(24)12-22-11-14(2)25-19-9-8-16(15(3)23)10-18(19)22/h4-10,14H,11-12H2,1-3H3,(H,21,24). The molecule has 0 fully saturated rings. The summed E-state index contributed by atoms with van der Waals surface area (Å²) in [4.78, 5) is 26.1. The number of aryl methyl sites for hydroxylation is 1. The van der Waals surface area contributed by atoms with Crippen LogP contribution in [0.4, 0.5) is 11.4 Å². The number of ketones is 1. The Hall–Kier alpha value is -2.82. The Balaban J connectivity index is 1.81. The average Bonchev–Trinajstić information content (AvgIpc) is 2.56. The second-order valence-corrected chi connectivity index (χ2v) is 6.41. The molecular formula is C20H22N2O3. The van der Waals surface area contributed by atoms with Gasteiger partial charge in [-0.1, -0.05) is 18.2 Å². The molecular weight excluding hydrogens is 316 g/mol. The third-order valence-electron chi connectivity index (χ3n) is 4.27. The summed E-state index contributed by atoms with van der Waals surface area (Å²) in [5, 5.41) is 2.95. The molecule has 1 aliphatic heterocycles. The number of amides is 1. The summed E-state index contributed by atoms with van der Waals surface area (Å²) < 4.78 is 5.83. The molecule has 2 aromatic rings. The van der Waals surface area contributed by atoms with Crippen LogP contribution in [0.25, 0.3) is 0 Å². The lowest BCUT2D eigenvalue weighted by molar-refractivity contribution is -0.115. The highest BCUT2D eigenvalue weighted by Crippen LogP contribution is 2.34. The molecule has 2 aromatic carbocycles. The normalized spacial score (nSPS) is 16.0. The molecule has 0 radical (unpaired) electrons. The molecule has 0 saturated heterocycles. The lowest BCUT2D eigenvalue weighted by atomic mass is 10.1. The molecule has 3 rings (SSSR count). The molecule has 0 saturated carbocycles. The van der Waals surface area contributed by atoms with E-state index in [1.165, 1.54) is 6.92 Å². The number of fused-ring (bicyclic) bond motifs is 1. The molecule has 1 aliphatic rings. The van der Waals surface area contributed by atoms with Gasteiger partial charge in [-0.25, -0.2) is 0 Å². The van der Waals surface area contributed by atoms with E-state index in [4.69, 9.17) is 4.74 Å². The number of rotatable bonds is 4. The van der Waals surface area contributed by atoms with Crippen molar-refractivity contribution in [2.45, 2.75) is 26.9 Å². The molecule has 0 bridgehead atoms. The van der Waals surface area contributed by atoms with Crippen LogP contribution in [0.3, 0.4) is 0 Å². The van der Waals surface area contributed by atoms with Gasteiger partial charge in [0, 0.05) is 11.3 Å². The topological polar surface area (TPSA) is 58.6 Å². The summed E-state index contributed by atoms with van der Waals surface area (Å²) >= 11 is 0. The van der Waals surface area contributed by atoms with Gasteiger partial charge in [-0.2, -0.15) is 0 Å². The van der Waals surface area contributed by atoms with Gasteiger partial charge in [-0.05, 0) is 50.6 Å². The van der Waals surface area contributed by atoms with Gasteiger partial charge < -0.3 is 15.0 Å². The minimum atomic E-state index is -0.0948. The summed E-state index contributed by atoms with van der Waals surface area (Å²) in [6, 6.07) is 13.0. The highest BCUT2D eigenvalue weighted by molar-refractivity contribution is 5.97. The number of nitrogens with one attached hydrogen (secondary N) is 1. The molecule has 1 atom stereocenters. The second kappa shape index (κ2) is 6.97. The van der Waals surface area contributed by atoms with Crippen LogP contribution in [0.5, 0.6) is 5.75 Å². The highest BCUT2D eigenvalue weighted by Gasteiger charge is 2.25. The first-order valence-corrected chi connectivity index (χ1v) is 8.36. The fourth-order valence-corrected chi connectivity index (χ4v) is 2.97. The summed E-state index contributed by atoms with van der Waals surface area (Å²) in [6.45, 7) is 6.25. The van der Waals surface area contributed by atoms with E-state index in [0.717, 1.165) is 16.9 Å². The Morgan fingerprint density at radius 1 is 1.24 bits per heavy atom. The van der Waals surface area contributed by atoms with Gasteiger partial charge in [0.15, 0.2) is 5.78 Å². The van der Waals surface area contributed by atoms with Crippen LogP contribution in [-0.2, 0) is 4.79 Å². The first kappa shape index (κ1) is 17.0. The molecule has 5 heteroatoms. The van der Waals surface area contributed by atoms with E-state index in [1.807, 2.05) is 43.0 Å². The fraction of sp³-hybridized carbons (Fsp3) is 0.300. The minimum Gasteiger partial charge on any atom is -0.487 e. The number of carbonyl (C=O) groups is 2. The number of Topliss-reactive ketones (excluding diaryl/α,β-unsaturated/α-hetero) is 1. The summed E-state index contributed by atoms with van der Waals surface area (Å²) in [7, 11) is 0. The van der Waals surface area contributed by atoms with Crippen molar-refractivity contribution in [3.05, 3.63) is 53.6 Å². The number of carbonyl (C=O) groups excluding carboxylic acids is 2. The molecule has 130 valence electrons. The van der Waals surface area contributed by atoms with Gasteiger partial charge in [0.2, 0.25) is 5.91 Å². The zero-order valence-electron chi connectivity index (χ0n) is 14.7. The molecule has 0 aromatic heterocycles. The van der Waals surface area contributed by atoms with Gasteiger partial charge in [0.05, 0.1) is 18.8 Å². The Morgan fingerprint density at radius 2 is 2.00 bits per heavy atom. The van der Waals surface area contributed by atoms with Crippen LogP contribution in [0.1, 0.15) is 29.8 Å². The Kier molecular flexibility index (Phi) is 4.74. The van der Waals surface area contributed by atoms with Crippen LogP contribution in [-0.4, -0.2) is 30.9 Å². The molecule has 1 amide bonds. The van der Waals surface area contributed by atoms with Crippen molar-refractivity contribution < 1.29 is 14.3 Å². The van der Waals surface area contributed by atoms with E-state index in [0.29, 0.717) is 17.9 Å². The largest absolute Gasteiger partial charge is 0.487 e. The number of ether oxygens (including phenoxy) is 1. The van der Waals surface area contributed by atoms with Crippen LogP contribution < -0.4 is 15.0 Å². The molecule has 1 heterocycles. The van der Waals surface area contributed by atoms with Crippen molar-refractivity contribution in [2.24, 2.45) is 0 Å². The molecule has 0 spiro atoms. The lowest BCUT2D eigenvalue weighted by Crippen LogP contribution is -2.42. The quantitative estimate of drug-likeness (QED) is 0.868. The van der Waals surface area contributed by atoms with Gasteiger partial charge in [0.1, 0.15) is 11.9 Å².